The molecule has 0 aromatic heterocycles. The third-order valence-electron chi connectivity index (χ3n) is 12.3. The highest BCUT2D eigenvalue weighted by Gasteiger charge is 2.58. The van der Waals surface area contributed by atoms with E-state index in [2.05, 4.69) is 60.2 Å². The molecule has 48 heavy (non-hydrogen) atoms. The molecule has 5 rings (SSSR count). The lowest BCUT2D eigenvalue weighted by molar-refractivity contribution is -0.836. The lowest BCUT2D eigenvalue weighted by Gasteiger charge is -2.58. The van der Waals surface area contributed by atoms with E-state index in [0.717, 1.165) is 54.4 Å². The molecule has 0 bridgehead atoms. The summed E-state index contributed by atoms with van der Waals surface area (Å²) in [7, 11) is 6.25. The number of nitrogen functional groups attached to an aromatic ring is 1. The van der Waals surface area contributed by atoms with E-state index in [1.807, 2.05) is 31.2 Å². The summed E-state index contributed by atoms with van der Waals surface area (Å²) in [5.41, 5.74) is 9.78. The van der Waals surface area contributed by atoms with E-state index in [0.29, 0.717) is 30.9 Å². The van der Waals surface area contributed by atoms with Gasteiger partial charge in [-0.05, 0) is 111 Å². The first kappa shape index (κ1) is 38.7. The van der Waals surface area contributed by atoms with Crippen molar-refractivity contribution in [1.82, 2.24) is 5.32 Å². The first-order valence-electron chi connectivity index (χ1n) is 19.4. The molecule has 8 atom stereocenters. The van der Waals surface area contributed by atoms with Gasteiger partial charge < -0.3 is 30.2 Å². The Morgan fingerprint density at radius 2 is 1.73 bits per heavy atom. The van der Waals surface area contributed by atoms with Gasteiger partial charge in [0.05, 0.1) is 27.7 Å². The zero-order chi connectivity index (χ0) is 34.9. The molecule has 1 aromatic rings. The van der Waals surface area contributed by atoms with Gasteiger partial charge in [0.1, 0.15) is 6.10 Å². The molecule has 4 N–H and O–H groups in total. The predicted octanol–water partition coefficient (Wildman–Crippen LogP) is 7.97. The molecule has 4 aliphatic carbocycles. The van der Waals surface area contributed by atoms with Gasteiger partial charge in [-0.25, -0.2) is 4.79 Å². The number of nitrogens with one attached hydrogen (secondary N) is 2. The van der Waals surface area contributed by atoms with Gasteiger partial charge in [0.25, 0.3) is 0 Å². The van der Waals surface area contributed by atoms with Crippen molar-refractivity contribution in [2.24, 2.45) is 40.4 Å². The molecule has 3 saturated carbocycles. The van der Waals surface area contributed by atoms with Crippen LogP contribution in [-0.2, 0) is 14.2 Å². The molecule has 3 fully saturated rings. The number of carbonyl (C=O) groups is 1. The molecule has 0 saturated heterocycles. The second-order valence-electron chi connectivity index (χ2n) is 16.8. The van der Waals surface area contributed by atoms with Crippen LogP contribution < -0.4 is 16.0 Å². The van der Waals surface area contributed by atoms with Crippen LogP contribution in [0, 0.1) is 40.4 Å². The Bertz CT molecular complexity index is 1170. The van der Waals surface area contributed by atoms with Gasteiger partial charge in [-0.1, -0.05) is 70.7 Å². The van der Waals surface area contributed by atoms with Crippen LogP contribution in [0.4, 0.5) is 10.5 Å². The number of anilines is 1. The summed E-state index contributed by atoms with van der Waals surface area (Å²) in [5, 5.41) is 2.89. The van der Waals surface area contributed by atoms with Crippen LogP contribution in [0.1, 0.15) is 124 Å². The second kappa shape index (κ2) is 17.7. The van der Waals surface area contributed by atoms with Crippen LogP contribution in [-0.4, -0.2) is 53.1 Å². The minimum absolute atomic E-state index is 0.0479. The number of allylic oxidation sites excluding steroid dienone is 1. The maximum absolute atomic E-state index is 12.7. The highest BCUT2D eigenvalue weighted by atomic mass is 16.7. The van der Waals surface area contributed by atoms with Crippen LogP contribution in [0.15, 0.2) is 35.9 Å². The zero-order valence-corrected chi connectivity index (χ0v) is 31.7. The summed E-state index contributed by atoms with van der Waals surface area (Å²) in [6.45, 7) is 13.1. The Kier molecular flexibility index (Phi) is 14.3. The van der Waals surface area contributed by atoms with Gasteiger partial charge in [-0.15, -0.1) is 0 Å². The van der Waals surface area contributed by atoms with E-state index >= 15 is 0 Å². The Hall–Kier alpha value is -2.09. The Labute approximate surface area is 293 Å². The largest absolute Gasteiger partial charge is 0.446 e. The minimum Gasteiger partial charge on any atom is -0.446 e. The van der Waals surface area contributed by atoms with Crippen molar-refractivity contribution in [2.75, 3.05) is 46.6 Å². The van der Waals surface area contributed by atoms with Crippen molar-refractivity contribution in [3.63, 3.8) is 0 Å². The minimum atomic E-state index is -0.487. The molecule has 0 spiro atoms. The van der Waals surface area contributed by atoms with Gasteiger partial charge in [-0.2, -0.15) is 0 Å². The number of unbranched alkanes of at least 4 members (excludes halogenated alkanes) is 1. The number of quaternary nitrogens is 1. The highest BCUT2D eigenvalue weighted by Crippen LogP contribution is 2.66. The number of nitrogens with two attached hydrogens (primary N) is 1. The number of fused-ring (bicyclic) bond motifs is 5. The number of hydrogen-bond donors (Lipinski definition) is 3. The van der Waals surface area contributed by atoms with Gasteiger partial charge in [0, 0.05) is 30.8 Å². The number of benzene rings is 1. The molecule has 0 aliphatic heterocycles. The fourth-order valence-electron chi connectivity index (χ4n) is 9.81. The van der Waals surface area contributed by atoms with Crippen molar-refractivity contribution in [2.45, 2.75) is 124 Å². The first-order valence-corrected chi connectivity index (χ1v) is 19.4. The van der Waals surface area contributed by atoms with E-state index < -0.39 is 6.29 Å². The third kappa shape index (κ3) is 9.78. The fourth-order valence-corrected chi connectivity index (χ4v) is 9.81. The number of ether oxygens (including phenoxy) is 3. The molecule has 272 valence electrons. The van der Waals surface area contributed by atoms with E-state index in [4.69, 9.17) is 19.9 Å². The smallest absolute Gasteiger partial charge is 0.407 e. The average molecular weight is 669 g/mol. The highest BCUT2D eigenvalue weighted by molar-refractivity contribution is 5.67. The van der Waals surface area contributed by atoms with Crippen LogP contribution in [0.3, 0.4) is 0 Å². The number of hydrogen-bond acceptors (Lipinski definition) is 5. The van der Waals surface area contributed by atoms with Gasteiger partial charge in [-0.3, -0.25) is 0 Å². The molecule has 8 unspecified atom stereocenters. The molecule has 0 heterocycles. The van der Waals surface area contributed by atoms with Crippen molar-refractivity contribution in [3.8, 4) is 0 Å². The SMILES string of the molecule is CCOC(OCCNC(=O)OC1CCC2(C)C(=CCC3C2CCC2(C)C(CCCCC(C)C)CCC32)C1)c1ccc(N)cc1.C[NH+](C)C. The van der Waals surface area contributed by atoms with Crippen molar-refractivity contribution in [3.05, 3.63) is 41.5 Å². The molecule has 1 amide bonds. The average Bonchev–Trinajstić information content (AvgIpc) is 3.37. The van der Waals surface area contributed by atoms with E-state index in [9.17, 15) is 4.79 Å². The Balaban J connectivity index is 0.00000123. The summed E-state index contributed by atoms with van der Waals surface area (Å²) in [6, 6.07) is 7.48. The van der Waals surface area contributed by atoms with Crippen molar-refractivity contribution in [1.29, 1.82) is 0 Å². The van der Waals surface area contributed by atoms with E-state index in [1.54, 1.807) is 5.57 Å². The standard InChI is InChI=1S/C38H60N2O4.C3H9N/c1-6-42-35(27-11-15-30(39)16-12-27)43-24-23-40-36(41)44-31-19-21-38(5)29(25-31)13-17-32-33-18-14-28(10-8-7-9-26(2)3)37(33,4)22-20-34(32)38;1-4(2)3/h11-13,15-16,26,28,31-35H,6-10,14,17-25,39H2,1-5H3,(H,40,41);1-3H3/p+1. The van der Waals surface area contributed by atoms with Gasteiger partial charge in [0.2, 0.25) is 0 Å². The maximum Gasteiger partial charge on any atom is 0.407 e. The fraction of sp³-hybridized carbons (Fsp3) is 0.780. The van der Waals surface area contributed by atoms with Crippen molar-refractivity contribution < 1.29 is 23.9 Å². The predicted molar refractivity (Wildman–Crippen MR) is 197 cm³/mol. The summed E-state index contributed by atoms with van der Waals surface area (Å²) in [4.78, 5) is 14.1. The van der Waals surface area contributed by atoms with E-state index in [1.165, 1.54) is 62.7 Å². The van der Waals surface area contributed by atoms with Crippen LogP contribution >= 0.6 is 0 Å². The number of rotatable bonds is 13. The lowest BCUT2D eigenvalue weighted by Crippen LogP contribution is -3.02. The Morgan fingerprint density at radius 1 is 1.00 bits per heavy atom. The summed E-state index contributed by atoms with van der Waals surface area (Å²) >= 11 is 0. The number of carbonyl (C=O) groups excluding carboxylic acids is 1. The third-order valence-corrected chi connectivity index (χ3v) is 12.3. The van der Waals surface area contributed by atoms with E-state index in [-0.39, 0.29) is 17.6 Å². The second-order valence-corrected chi connectivity index (χ2v) is 16.8. The number of alkyl carbamates (subject to hydrolysis) is 1. The molecule has 4 aliphatic rings. The molecule has 7 heteroatoms. The molecular formula is C41H70N3O4+. The Morgan fingerprint density at radius 3 is 2.42 bits per heavy atom. The van der Waals surface area contributed by atoms with Crippen LogP contribution in [0.25, 0.3) is 0 Å². The maximum atomic E-state index is 12.7. The summed E-state index contributed by atoms with van der Waals surface area (Å²) in [6.07, 6.45) is 17.2. The van der Waals surface area contributed by atoms with Gasteiger partial charge >= 0.3 is 6.09 Å². The quantitative estimate of drug-likeness (QED) is 0.0859. The topological polar surface area (TPSA) is 87.2 Å². The summed E-state index contributed by atoms with van der Waals surface area (Å²) < 4.78 is 17.6. The van der Waals surface area contributed by atoms with Crippen molar-refractivity contribution >= 4 is 11.8 Å². The van der Waals surface area contributed by atoms with Gasteiger partial charge in [0.15, 0.2) is 6.29 Å². The first-order chi connectivity index (χ1) is 22.9. The normalized spacial score (nSPS) is 31.5. The molecule has 7 nitrogen and oxygen atoms in total. The zero-order valence-electron chi connectivity index (χ0n) is 31.7. The molecular weight excluding hydrogens is 598 g/mol. The monoisotopic (exact) mass is 669 g/mol. The van der Waals surface area contributed by atoms with Crippen LogP contribution in [0.2, 0.25) is 0 Å². The lowest BCUT2D eigenvalue weighted by atomic mass is 9.47. The van der Waals surface area contributed by atoms with Crippen LogP contribution in [0.5, 0.6) is 0 Å². The molecule has 1 aromatic carbocycles. The number of amides is 1. The summed E-state index contributed by atoms with van der Waals surface area (Å²) in [5.74, 6) is 4.25. The molecule has 0 radical (unpaired) electrons.